The Labute approximate surface area is 131 Å². The second-order valence-electron chi connectivity index (χ2n) is 4.93. The molecule has 2 aromatic carbocycles. The smallest absolute Gasteiger partial charge is 0.269 e. The largest absolute Gasteiger partial charge is 0.505 e. The molecular formula is C16H12N4O3. The summed E-state index contributed by atoms with van der Waals surface area (Å²) in [5, 5.41) is 29.6. The van der Waals surface area contributed by atoms with Crippen LogP contribution in [0.4, 0.5) is 17.1 Å². The third-order valence-corrected chi connectivity index (χ3v) is 3.37. The molecule has 3 rings (SSSR count). The minimum Gasteiger partial charge on any atom is -0.505 e. The van der Waals surface area contributed by atoms with Gasteiger partial charge in [0, 0.05) is 23.7 Å². The molecule has 3 aromatic rings. The van der Waals surface area contributed by atoms with Gasteiger partial charge < -0.3 is 5.11 Å². The lowest BCUT2D eigenvalue weighted by Gasteiger charge is -2.05. The number of pyridine rings is 1. The third-order valence-electron chi connectivity index (χ3n) is 3.37. The van der Waals surface area contributed by atoms with E-state index in [-0.39, 0.29) is 11.4 Å². The Bertz CT molecular complexity index is 921. The number of benzene rings is 2. The molecule has 23 heavy (non-hydrogen) atoms. The van der Waals surface area contributed by atoms with Crippen molar-refractivity contribution in [3.8, 4) is 5.75 Å². The standard InChI is InChI=1S/C16H12N4O3/c1-10-9-14(13-3-2-8-17-15(13)16(10)21)19-18-11-4-6-12(7-5-11)20(22)23/h2-9,21H,1H3. The van der Waals surface area contributed by atoms with Crippen LogP contribution in [0.15, 0.2) is 58.9 Å². The molecule has 0 amide bonds. The molecule has 0 aliphatic heterocycles. The highest BCUT2D eigenvalue weighted by Gasteiger charge is 2.09. The number of phenols is 1. The highest BCUT2D eigenvalue weighted by atomic mass is 16.6. The van der Waals surface area contributed by atoms with Crippen LogP contribution >= 0.6 is 0 Å². The first kappa shape index (κ1) is 14.6. The lowest BCUT2D eigenvalue weighted by Crippen LogP contribution is -1.85. The van der Waals surface area contributed by atoms with E-state index in [4.69, 9.17) is 0 Å². The van der Waals surface area contributed by atoms with Crippen molar-refractivity contribution in [2.45, 2.75) is 6.92 Å². The van der Waals surface area contributed by atoms with Gasteiger partial charge in [0.2, 0.25) is 0 Å². The number of azo groups is 1. The monoisotopic (exact) mass is 308 g/mol. The number of rotatable bonds is 3. The number of non-ortho nitro benzene ring substituents is 1. The zero-order chi connectivity index (χ0) is 16.4. The average molecular weight is 308 g/mol. The summed E-state index contributed by atoms with van der Waals surface area (Å²) in [5.41, 5.74) is 2.18. The van der Waals surface area contributed by atoms with Crippen LogP contribution in [0.1, 0.15) is 5.56 Å². The summed E-state index contributed by atoms with van der Waals surface area (Å²) < 4.78 is 0. The van der Waals surface area contributed by atoms with Crippen molar-refractivity contribution in [2.24, 2.45) is 10.2 Å². The first-order valence-corrected chi connectivity index (χ1v) is 6.80. The molecule has 0 atom stereocenters. The van der Waals surface area contributed by atoms with E-state index in [9.17, 15) is 15.2 Å². The number of aryl methyl sites for hydroxylation is 1. The van der Waals surface area contributed by atoms with Gasteiger partial charge in [-0.1, -0.05) is 0 Å². The Balaban J connectivity index is 2.01. The molecule has 0 aliphatic carbocycles. The maximum atomic E-state index is 10.6. The zero-order valence-electron chi connectivity index (χ0n) is 12.2. The van der Waals surface area contributed by atoms with Gasteiger partial charge in [-0.05, 0) is 42.8 Å². The van der Waals surface area contributed by atoms with Crippen molar-refractivity contribution in [1.29, 1.82) is 0 Å². The van der Waals surface area contributed by atoms with Crippen LogP contribution < -0.4 is 0 Å². The Morgan fingerprint density at radius 1 is 1.17 bits per heavy atom. The SMILES string of the molecule is Cc1cc(N=Nc2ccc([N+](=O)[O-])cc2)c2cccnc2c1O. The number of phenolic OH excluding ortho intramolecular Hbond substituents is 1. The number of hydrogen-bond acceptors (Lipinski definition) is 6. The van der Waals surface area contributed by atoms with Crippen molar-refractivity contribution in [3.63, 3.8) is 0 Å². The molecule has 0 saturated carbocycles. The van der Waals surface area contributed by atoms with Crippen LogP contribution in [0.3, 0.4) is 0 Å². The molecule has 0 aliphatic rings. The van der Waals surface area contributed by atoms with Crippen LogP contribution in [0.2, 0.25) is 0 Å². The molecule has 0 bridgehead atoms. The molecule has 0 radical (unpaired) electrons. The van der Waals surface area contributed by atoms with E-state index in [0.717, 1.165) is 0 Å². The first-order chi connectivity index (χ1) is 11.1. The van der Waals surface area contributed by atoms with Gasteiger partial charge in [-0.3, -0.25) is 15.1 Å². The number of hydrogen-bond donors (Lipinski definition) is 1. The van der Waals surface area contributed by atoms with E-state index in [2.05, 4.69) is 15.2 Å². The van der Waals surface area contributed by atoms with Gasteiger partial charge in [-0.2, -0.15) is 5.11 Å². The van der Waals surface area contributed by atoms with Gasteiger partial charge in [-0.25, -0.2) is 0 Å². The van der Waals surface area contributed by atoms with Gasteiger partial charge in [-0.15, -0.1) is 5.11 Å². The van der Waals surface area contributed by atoms with E-state index < -0.39 is 4.92 Å². The Morgan fingerprint density at radius 3 is 2.61 bits per heavy atom. The molecule has 0 spiro atoms. The Morgan fingerprint density at radius 2 is 1.91 bits per heavy atom. The van der Waals surface area contributed by atoms with Crippen LogP contribution in [-0.4, -0.2) is 15.0 Å². The minimum atomic E-state index is -0.469. The quantitative estimate of drug-likeness (QED) is 0.435. The maximum absolute atomic E-state index is 10.6. The molecule has 7 nitrogen and oxygen atoms in total. The van der Waals surface area contributed by atoms with Gasteiger partial charge in [0.05, 0.1) is 16.3 Å². The summed E-state index contributed by atoms with van der Waals surface area (Å²) in [5.74, 6) is 0.120. The zero-order valence-corrected chi connectivity index (χ0v) is 12.2. The number of aromatic hydroxyl groups is 1. The van der Waals surface area contributed by atoms with Gasteiger partial charge in [0.1, 0.15) is 11.3 Å². The molecule has 1 heterocycles. The topological polar surface area (TPSA) is 101 Å². The molecule has 1 aromatic heterocycles. The summed E-state index contributed by atoms with van der Waals surface area (Å²) in [6.07, 6.45) is 1.60. The molecule has 0 saturated heterocycles. The van der Waals surface area contributed by atoms with Crippen molar-refractivity contribution in [3.05, 3.63) is 64.3 Å². The Hall–Kier alpha value is -3.35. The van der Waals surface area contributed by atoms with Crippen molar-refractivity contribution in [2.75, 3.05) is 0 Å². The summed E-state index contributed by atoms with van der Waals surface area (Å²) >= 11 is 0. The molecule has 0 fully saturated rings. The van der Waals surface area contributed by atoms with Gasteiger partial charge in [0.25, 0.3) is 5.69 Å². The molecule has 1 N–H and O–H groups in total. The highest BCUT2D eigenvalue weighted by Crippen LogP contribution is 2.35. The summed E-state index contributed by atoms with van der Waals surface area (Å²) in [6, 6.07) is 11.1. The van der Waals surface area contributed by atoms with E-state index in [1.807, 2.05) is 0 Å². The Kier molecular flexibility index (Phi) is 3.68. The fourth-order valence-corrected chi connectivity index (χ4v) is 2.17. The maximum Gasteiger partial charge on any atom is 0.269 e. The summed E-state index contributed by atoms with van der Waals surface area (Å²) in [4.78, 5) is 14.3. The fraction of sp³-hybridized carbons (Fsp3) is 0.0625. The second kappa shape index (κ2) is 5.80. The van der Waals surface area contributed by atoms with Crippen LogP contribution in [-0.2, 0) is 0 Å². The fourth-order valence-electron chi connectivity index (χ4n) is 2.17. The number of aromatic nitrogens is 1. The first-order valence-electron chi connectivity index (χ1n) is 6.80. The predicted octanol–water partition coefficient (Wildman–Crippen LogP) is 4.57. The van der Waals surface area contributed by atoms with Crippen LogP contribution in [0.25, 0.3) is 10.9 Å². The molecule has 7 heteroatoms. The minimum absolute atomic E-state index is 0.000854. The van der Waals surface area contributed by atoms with Crippen molar-refractivity contribution in [1.82, 2.24) is 4.98 Å². The van der Waals surface area contributed by atoms with E-state index in [1.165, 1.54) is 24.3 Å². The van der Waals surface area contributed by atoms with E-state index in [1.54, 1.807) is 31.3 Å². The predicted molar refractivity (Wildman–Crippen MR) is 85.4 cm³/mol. The number of nitrogens with zero attached hydrogens (tertiary/aromatic N) is 4. The lowest BCUT2D eigenvalue weighted by atomic mass is 10.1. The van der Waals surface area contributed by atoms with Gasteiger partial charge >= 0.3 is 0 Å². The van der Waals surface area contributed by atoms with E-state index >= 15 is 0 Å². The third kappa shape index (κ3) is 2.84. The number of nitro benzene ring substituents is 1. The summed E-state index contributed by atoms with van der Waals surface area (Å²) in [7, 11) is 0. The normalized spacial score (nSPS) is 11.2. The van der Waals surface area contributed by atoms with Crippen molar-refractivity contribution >= 4 is 28.0 Å². The molecular weight excluding hydrogens is 296 g/mol. The lowest BCUT2D eigenvalue weighted by molar-refractivity contribution is -0.384. The number of fused-ring (bicyclic) bond motifs is 1. The van der Waals surface area contributed by atoms with E-state index in [0.29, 0.717) is 27.8 Å². The number of nitro groups is 1. The highest BCUT2D eigenvalue weighted by molar-refractivity contribution is 5.94. The molecule has 0 unspecified atom stereocenters. The average Bonchev–Trinajstić information content (AvgIpc) is 2.57. The second-order valence-corrected chi connectivity index (χ2v) is 4.93. The van der Waals surface area contributed by atoms with Gasteiger partial charge in [0.15, 0.2) is 0 Å². The van der Waals surface area contributed by atoms with Crippen LogP contribution in [0.5, 0.6) is 5.75 Å². The van der Waals surface area contributed by atoms with Crippen LogP contribution in [0, 0.1) is 17.0 Å². The summed E-state index contributed by atoms with van der Waals surface area (Å²) in [6.45, 7) is 1.76. The van der Waals surface area contributed by atoms with Crippen molar-refractivity contribution < 1.29 is 10.0 Å². The molecule has 114 valence electrons.